The van der Waals surface area contributed by atoms with Crippen LogP contribution in [0.4, 0.5) is 0 Å². The van der Waals surface area contributed by atoms with Gasteiger partial charge in [0.15, 0.2) is 0 Å². The molecular weight excluding hydrogens is 582 g/mol. The number of nitrogens with zero attached hydrogens (tertiary/aromatic N) is 2. The van der Waals surface area contributed by atoms with Gasteiger partial charge in [0.25, 0.3) is 6.35 Å². The molecule has 0 saturated carbocycles. The smallest absolute Gasteiger partial charge is 0.305 e. The molecule has 206 valence electrons. The molecule has 3 aromatic carbocycles. The molecule has 3 aromatic rings. The highest BCUT2D eigenvalue weighted by molar-refractivity contribution is 6.35. The molecule has 0 fully saturated rings. The van der Waals surface area contributed by atoms with Crippen LogP contribution in [-0.2, 0) is 27.3 Å². The molecule has 3 unspecified atom stereocenters. The van der Waals surface area contributed by atoms with Crippen molar-refractivity contribution < 1.29 is 19.0 Å². The summed E-state index contributed by atoms with van der Waals surface area (Å²) in [5.74, 6) is 0.366. The van der Waals surface area contributed by atoms with E-state index in [-0.39, 0.29) is 6.61 Å². The highest BCUT2D eigenvalue weighted by atomic mass is 35.5. The average molecular weight is 610 g/mol. The molecule has 0 radical (unpaired) electrons. The number of alkyl halides is 1. The first kappa shape index (κ1) is 29.4. The number of methoxy groups -OCH3 is 1. The van der Waals surface area contributed by atoms with E-state index in [2.05, 4.69) is 0 Å². The SMILES string of the molecule is COc1ccc(CCN2C=CN(C(Cl)C(OCc3ccc(Cl)cc3Cl)c3ccc(Cl)cc3)C2OC(C)=O)cc1. The Morgan fingerprint density at radius 2 is 1.64 bits per heavy atom. The average Bonchev–Trinajstić information content (AvgIpc) is 3.31. The molecule has 10 heteroatoms. The standard InChI is InChI=1S/C29H28Cl4N2O4/c1-19(36)39-29-34(14-13-20-3-11-25(37-2)12-4-20)15-16-35(29)28(33)27(21-5-8-23(30)9-6-21)38-18-22-7-10-24(31)17-26(22)32/h3-12,15-17,27-29H,13-14,18H2,1-2H3. The Balaban J connectivity index is 1.53. The van der Waals surface area contributed by atoms with Gasteiger partial charge in [-0.15, -0.1) is 0 Å². The van der Waals surface area contributed by atoms with Crippen LogP contribution in [-0.4, -0.2) is 41.3 Å². The quantitative estimate of drug-likeness (QED) is 0.126. The molecule has 1 aliphatic heterocycles. The summed E-state index contributed by atoms with van der Waals surface area (Å²) in [4.78, 5) is 15.8. The second kappa shape index (κ2) is 13.6. The minimum absolute atomic E-state index is 0.184. The largest absolute Gasteiger partial charge is 0.497 e. The Kier molecular flexibility index (Phi) is 10.3. The van der Waals surface area contributed by atoms with Crippen molar-refractivity contribution in [2.75, 3.05) is 13.7 Å². The molecule has 0 spiro atoms. The number of rotatable bonds is 11. The summed E-state index contributed by atoms with van der Waals surface area (Å²) in [6.45, 7) is 2.15. The first-order valence-corrected chi connectivity index (χ1v) is 13.8. The number of esters is 1. The minimum atomic E-state index is -0.749. The molecule has 0 aromatic heterocycles. The lowest BCUT2D eigenvalue weighted by Gasteiger charge is -2.37. The summed E-state index contributed by atoms with van der Waals surface area (Å²) in [5, 5.41) is 1.62. The summed E-state index contributed by atoms with van der Waals surface area (Å²) >= 11 is 25.7. The van der Waals surface area contributed by atoms with Gasteiger partial charge in [-0.25, -0.2) is 0 Å². The Morgan fingerprint density at radius 1 is 0.949 bits per heavy atom. The summed E-state index contributed by atoms with van der Waals surface area (Å²) in [6, 6.07) is 20.3. The van der Waals surface area contributed by atoms with Gasteiger partial charge < -0.3 is 24.0 Å². The number of hydrogen-bond acceptors (Lipinski definition) is 6. The van der Waals surface area contributed by atoms with E-state index in [0.717, 1.165) is 28.9 Å². The zero-order chi connectivity index (χ0) is 27.9. The van der Waals surface area contributed by atoms with Crippen LogP contribution in [0.15, 0.2) is 79.1 Å². The van der Waals surface area contributed by atoms with Crippen LogP contribution >= 0.6 is 46.4 Å². The second-order valence-corrected chi connectivity index (χ2v) is 10.6. The van der Waals surface area contributed by atoms with Crippen molar-refractivity contribution in [1.29, 1.82) is 0 Å². The molecule has 1 heterocycles. The monoisotopic (exact) mass is 608 g/mol. The van der Waals surface area contributed by atoms with E-state index in [9.17, 15) is 4.79 Å². The van der Waals surface area contributed by atoms with Crippen LogP contribution in [0.2, 0.25) is 15.1 Å². The van der Waals surface area contributed by atoms with Gasteiger partial charge in [-0.1, -0.05) is 76.7 Å². The van der Waals surface area contributed by atoms with E-state index in [1.165, 1.54) is 6.92 Å². The van der Waals surface area contributed by atoms with Crippen LogP contribution in [0.1, 0.15) is 29.7 Å². The summed E-state index contributed by atoms with van der Waals surface area (Å²) in [7, 11) is 1.63. The topological polar surface area (TPSA) is 51.2 Å². The number of hydrogen-bond donors (Lipinski definition) is 0. The van der Waals surface area contributed by atoms with E-state index >= 15 is 0 Å². The fraction of sp³-hybridized carbons (Fsp3) is 0.276. The third-order valence-electron chi connectivity index (χ3n) is 6.22. The van der Waals surface area contributed by atoms with Gasteiger partial charge in [0.05, 0.1) is 13.7 Å². The Labute approximate surface area is 248 Å². The first-order chi connectivity index (χ1) is 18.7. The Bertz CT molecular complexity index is 1290. The van der Waals surface area contributed by atoms with E-state index in [0.29, 0.717) is 21.6 Å². The molecule has 39 heavy (non-hydrogen) atoms. The van der Waals surface area contributed by atoms with Gasteiger partial charge in [0.2, 0.25) is 0 Å². The van der Waals surface area contributed by atoms with Crippen LogP contribution in [0, 0.1) is 0 Å². The minimum Gasteiger partial charge on any atom is -0.497 e. The van der Waals surface area contributed by atoms with Gasteiger partial charge in [0.1, 0.15) is 17.4 Å². The van der Waals surface area contributed by atoms with Crippen LogP contribution in [0.25, 0.3) is 0 Å². The predicted molar refractivity (Wildman–Crippen MR) is 155 cm³/mol. The van der Waals surface area contributed by atoms with Gasteiger partial charge in [-0.2, -0.15) is 0 Å². The highest BCUT2D eigenvalue weighted by Gasteiger charge is 2.38. The van der Waals surface area contributed by atoms with Crippen molar-refractivity contribution >= 4 is 52.4 Å². The normalized spacial score (nSPS) is 16.3. The van der Waals surface area contributed by atoms with Gasteiger partial charge in [-0.3, -0.25) is 4.79 Å². The second-order valence-electron chi connectivity index (χ2n) is 8.91. The third-order valence-corrected chi connectivity index (χ3v) is 7.52. The lowest BCUT2D eigenvalue weighted by molar-refractivity contribution is -0.170. The molecule has 0 bridgehead atoms. The molecule has 0 amide bonds. The number of halogens is 4. The van der Waals surface area contributed by atoms with E-state index in [4.69, 9.17) is 60.6 Å². The zero-order valence-electron chi connectivity index (χ0n) is 21.4. The maximum Gasteiger partial charge on any atom is 0.305 e. The molecule has 1 aliphatic rings. The molecule has 6 nitrogen and oxygen atoms in total. The Morgan fingerprint density at radius 3 is 2.28 bits per heavy atom. The van der Waals surface area contributed by atoms with Gasteiger partial charge in [-0.05, 0) is 59.5 Å². The number of benzene rings is 3. The molecule has 3 atom stereocenters. The van der Waals surface area contributed by atoms with Gasteiger partial charge >= 0.3 is 5.97 Å². The van der Waals surface area contributed by atoms with E-state index in [1.807, 2.05) is 53.6 Å². The van der Waals surface area contributed by atoms with Crippen LogP contribution < -0.4 is 4.74 Å². The number of ether oxygens (including phenoxy) is 3. The maximum absolute atomic E-state index is 12.1. The maximum atomic E-state index is 12.1. The van der Waals surface area contributed by atoms with Crippen molar-refractivity contribution in [2.45, 2.75) is 37.9 Å². The molecular formula is C29H28Cl4N2O4. The van der Waals surface area contributed by atoms with Crippen molar-refractivity contribution in [3.8, 4) is 5.75 Å². The summed E-state index contributed by atoms with van der Waals surface area (Å²) in [5.41, 5.74) is 1.94. The fourth-order valence-corrected chi connectivity index (χ4v) is 5.13. The van der Waals surface area contributed by atoms with Crippen LogP contribution in [0.5, 0.6) is 5.75 Å². The number of carbonyl (C=O) groups excluding carboxylic acids is 1. The summed E-state index contributed by atoms with van der Waals surface area (Å²) < 4.78 is 17.3. The molecule has 0 aliphatic carbocycles. The number of carbonyl (C=O) groups is 1. The van der Waals surface area contributed by atoms with Crippen molar-refractivity contribution in [3.05, 3.63) is 111 Å². The molecule has 0 saturated heterocycles. The van der Waals surface area contributed by atoms with Crippen molar-refractivity contribution in [1.82, 2.24) is 9.80 Å². The van der Waals surface area contributed by atoms with E-state index in [1.54, 1.807) is 42.5 Å². The lowest BCUT2D eigenvalue weighted by atomic mass is 10.1. The fourth-order valence-electron chi connectivity index (χ4n) is 4.16. The van der Waals surface area contributed by atoms with Crippen molar-refractivity contribution in [3.63, 3.8) is 0 Å². The highest BCUT2D eigenvalue weighted by Crippen LogP contribution is 2.35. The molecule has 0 N–H and O–H groups in total. The summed E-state index contributed by atoms with van der Waals surface area (Å²) in [6.07, 6.45) is 3.02. The lowest BCUT2D eigenvalue weighted by Crippen LogP contribution is -2.47. The Hall–Kier alpha value is -2.61. The predicted octanol–water partition coefficient (Wildman–Crippen LogP) is 7.66. The third kappa shape index (κ3) is 7.74. The van der Waals surface area contributed by atoms with Gasteiger partial charge in [0, 0.05) is 40.9 Å². The first-order valence-electron chi connectivity index (χ1n) is 12.2. The molecule has 4 rings (SSSR count). The van der Waals surface area contributed by atoms with Crippen molar-refractivity contribution in [2.24, 2.45) is 0 Å². The van der Waals surface area contributed by atoms with E-state index < -0.39 is 23.9 Å². The zero-order valence-corrected chi connectivity index (χ0v) is 24.4. The van der Waals surface area contributed by atoms with Crippen LogP contribution in [0.3, 0.4) is 0 Å².